The van der Waals surface area contributed by atoms with Crippen molar-refractivity contribution < 1.29 is 9.53 Å². The molecule has 3 heteroatoms. The van der Waals surface area contributed by atoms with E-state index in [-0.39, 0.29) is 18.5 Å². The molecule has 2 nitrogen and oxygen atoms in total. The van der Waals surface area contributed by atoms with Crippen molar-refractivity contribution >= 4 is 21.7 Å². The van der Waals surface area contributed by atoms with Crippen molar-refractivity contribution in [3.05, 3.63) is 34.3 Å². The minimum atomic E-state index is 0.0577. The number of halogens is 1. The Morgan fingerprint density at radius 1 is 1.40 bits per heavy atom. The number of carbonyl (C=O) groups is 1. The van der Waals surface area contributed by atoms with Crippen LogP contribution in [0.2, 0.25) is 0 Å². The van der Waals surface area contributed by atoms with Crippen molar-refractivity contribution in [3.63, 3.8) is 0 Å². The Balaban J connectivity index is 1.90. The van der Waals surface area contributed by atoms with Gasteiger partial charge in [-0.05, 0) is 42.7 Å². The van der Waals surface area contributed by atoms with Gasteiger partial charge in [-0.3, -0.25) is 4.79 Å². The van der Waals surface area contributed by atoms with E-state index in [2.05, 4.69) is 36.7 Å². The lowest BCUT2D eigenvalue weighted by atomic mass is 9.71. The van der Waals surface area contributed by atoms with Crippen molar-refractivity contribution in [1.82, 2.24) is 0 Å². The van der Waals surface area contributed by atoms with E-state index in [1.165, 1.54) is 6.42 Å². The highest BCUT2D eigenvalue weighted by Gasteiger charge is 2.32. The number of Topliss-reactive ketones (excluding diaryl/α,β-unsaturated/α-hetero) is 1. The zero-order valence-corrected chi connectivity index (χ0v) is 14.1. The number of hydrogen-bond donors (Lipinski definition) is 0. The molecular formula is C17H23BrO2. The number of carbonyl (C=O) groups excluding carboxylic acids is 1. The first-order valence-electron chi connectivity index (χ1n) is 7.26. The van der Waals surface area contributed by atoms with Gasteiger partial charge in [0.25, 0.3) is 0 Å². The maximum absolute atomic E-state index is 12.1. The van der Waals surface area contributed by atoms with Gasteiger partial charge in [-0.1, -0.05) is 48.8 Å². The van der Waals surface area contributed by atoms with E-state index >= 15 is 0 Å². The molecule has 0 bridgehead atoms. The lowest BCUT2D eigenvalue weighted by Gasteiger charge is -2.38. The summed E-state index contributed by atoms with van der Waals surface area (Å²) in [4.78, 5) is 12.1. The summed E-state index contributed by atoms with van der Waals surface area (Å²) in [5.74, 6) is 0.729. The summed E-state index contributed by atoms with van der Waals surface area (Å²) in [6.07, 6.45) is 3.56. The molecule has 1 aliphatic carbocycles. The first-order chi connectivity index (χ1) is 9.35. The van der Waals surface area contributed by atoms with Gasteiger partial charge in [-0.2, -0.15) is 0 Å². The first kappa shape index (κ1) is 15.7. The minimum Gasteiger partial charge on any atom is -0.370 e. The maximum atomic E-state index is 12.1. The van der Waals surface area contributed by atoms with Crippen molar-refractivity contribution in [2.75, 3.05) is 6.61 Å². The van der Waals surface area contributed by atoms with E-state index in [1.807, 2.05) is 24.3 Å². The second kappa shape index (κ2) is 6.40. The van der Waals surface area contributed by atoms with Crippen LogP contribution in [-0.4, -0.2) is 18.5 Å². The molecule has 1 fully saturated rings. The van der Waals surface area contributed by atoms with Crippen LogP contribution in [0.15, 0.2) is 28.7 Å². The highest BCUT2D eigenvalue weighted by atomic mass is 79.9. The van der Waals surface area contributed by atoms with Crippen molar-refractivity contribution in [2.45, 2.75) is 46.1 Å². The molecule has 110 valence electrons. The van der Waals surface area contributed by atoms with Crippen LogP contribution in [-0.2, 0) is 4.74 Å². The quantitative estimate of drug-likeness (QED) is 0.732. The second-order valence-electron chi connectivity index (χ2n) is 6.78. The molecular weight excluding hydrogens is 316 g/mol. The van der Waals surface area contributed by atoms with Gasteiger partial charge in [-0.15, -0.1) is 0 Å². The summed E-state index contributed by atoms with van der Waals surface area (Å²) in [6, 6.07) is 7.48. The monoisotopic (exact) mass is 338 g/mol. The number of ketones is 1. The van der Waals surface area contributed by atoms with Crippen molar-refractivity contribution in [3.8, 4) is 0 Å². The van der Waals surface area contributed by atoms with Crippen LogP contribution in [0.5, 0.6) is 0 Å². The van der Waals surface area contributed by atoms with Gasteiger partial charge in [0.2, 0.25) is 0 Å². The second-order valence-corrected chi connectivity index (χ2v) is 7.70. The topological polar surface area (TPSA) is 26.3 Å². The first-order valence-corrected chi connectivity index (χ1v) is 8.05. The SMILES string of the molecule is CC1CC(OCC(=O)c2cccc(Br)c2)CC(C)(C)C1. The van der Waals surface area contributed by atoms with Crippen LogP contribution in [0.25, 0.3) is 0 Å². The minimum absolute atomic E-state index is 0.0577. The van der Waals surface area contributed by atoms with Crippen LogP contribution < -0.4 is 0 Å². The van der Waals surface area contributed by atoms with Gasteiger partial charge in [0.15, 0.2) is 5.78 Å². The summed E-state index contributed by atoms with van der Waals surface area (Å²) in [5.41, 5.74) is 1.03. The van der Waals surface area contributed by atoms with E-state index in [4.69, 9.17) is 4.74 Å². The lowest BCUT2D eigenvalue weighted by Crippen LogP contribution is -2.33. The Bertz CT molecular complexity index is 482. The van der Waals surface area contributed by atoms with E-state index in [0.29, 0.717) is 16.9 Å². The third-order valence-electron chi connectivity index (χ3n) is 3.94. The number of hydrogen-bond acceptors (Lipinski definition) is 2. The zero-order valence-electron chi connectivity index (χ0n) is 12.5. The molecule has 2 unspecified atom stereocenters. The molecule has 2 atom stereocenters. The standard InChI is InChI=1S/C17H23BrO2/c1-12-7-15(10-17(2,3)9-12)20-11-16(19)13-5-4-6-14(18)8-13/h4-6,8,12,15H,7,9-11H2,1-3H3. The van der Waals surface area contributed by atoms with Crippen LogP contribution in [0.1, 0.15) is 50.4 Å². The van der Waals surface area contributed by atoms with Crippen LogP contribution in [0.4, 0.5) is 0 Å². The van der Waals surface area contributed by atoms with Gasteiger partial charge < -0.3 is 4.74 Å². The highest BCUT2D eigenvalue weighted by Crippen LogP contribution is 2.39. The molecule has 2 rings (SSSR count). The Labute approximate surface area is 130 Å². The van der Waals surface area contributed by atoms with Crippen LogP contribution in [0, 0.1) is 11.3 Å². The van der Waals surface area contributed by atoms with E-state index in [0.717, 1.165) is 17.3 Å². The summed E-state index contributed by atoms with van der Waals surface area (Å²) < 4.78 is 6.81. The molecule has 0 aromatic heterocycles. The largest absolute Gasteiger partial charge is 0.370 e. The average Bonchev–Trinajstić information content (AvgIpc) is 2.33. The maximum Gasteiger partial charge on any atom is 0.188 e. The Kier molecular flexibility index (Phi) is 5.03. The van der Waals surface area contributed by atoms with E-state index < -0.39 is 0 Å². The zero-order chi connectivity index (χ0) is 14.8. The molecule has 0 aliphatic heterocycles. The van der Waals surface area contributed by atoms with Crippen LogP contribution in [0.3, 0.4) is 0 Å². The fourth-order valence-electron chi connectivity index (χ4n) is 3.32. The molecule has 1 aromatic carbocycles. The van der Waals surface area contributed by atoms with Crippen LogP contribution >= 0.6 is 15.9 Å². The molecule has 20 heavy (non-hydrogen) atoms. The third-order valence-corrected chi connectivity index (χ3v) is 4.44. The molecule has 0 heterocycles. The average molecular weight is 339 g/mol. The molecule has 0 spiro atoms. The summed E-state index contributed by atoms with van der Waals surface area (Å²) in [6.45, 7) is 7.03. The normalized spacial score (nSPS) is 25.4. The summed E-state index contributed by atoms with van der Waals surface area (Å²) in [7, 11) is 0. The predicted molar refractivity (Wildman–Crippen MR) is 85.0 cm³/mol. The Hall–Kier alpha value is -0.670. The van der Waals surface area contributed by atoms with E-state index in [1.54, 1.807) is 0 Å². The number of rotatable bonds is 4. The summed E-state index contributed by atoms with van der Waals surface area (Å²) in [5, 5.41) is 0. The summed E-state index contributed by atoms with van der Waals surface area (Å²) >= 11 is 3.39. The molecule has 1 aliphatic rings. The van der Waals surface area contributed by atoms with Gasteiger partial charge in [0.1, 0.15) is 6.61 Å². The molecule has 0 radical (unpaired) electrons. The van der Waals surface area contributed by atoms with Gasteiger partial charge in [-0.25, -0.2) is 0 Å². The third kappa shape index (κ3) is 4.42. The van der Waals surface area contributed by atoms with Gasteiger partial charge >= 0.3 is 0 Å². The van der Waals surface area contributed by atoms with Crippen molar-refractivity contribution in [2.24, 2.45) is 11.3 Å². The van der Waals surface area contributed by atoms with Crippen molar-refractivity contribution in [1.29, 1.82) is 0 Å². The smallest absolute Gasteiger partial charge is 0.188 e. The van der Waals surface area contributed by atoms with Gasteiger partial charge in [0.05, 0.1) is 6.10 Å². The molecule has 1 aromatic rings. The number of benzene rings is 1. The van der Waals surface area contributed by atoms with Gasteiger partial charge in [0, 0.05) is 10.0 Å². The number of ether oxygens (including phenoxy) is 1. The Morgan fingerprint density at radius 3 is 2.80 bits per heavy atom. The van der Waals surface area contributed by atoms with E-state index in [9.17, 15) is 4.79 Å². The fourth-order valence-corrected chi connectivity index (χ4v) is 3.72. The molecule has 1 saturated carbocycles. The molecule has 0 saturated heterocycles. The highest BCUT2D eigenvalue weighted by molar-refractivity contribution is 9.10. The fraction of sp³-hybridized carbons (Fsp3) is 0.588. The molecule has 0 N–H and O–H groups in total. The molecule has 0 amide bonds. The Morgan fingerprint density at radius 2 is 2.15 bits per heavy atom. The predicted octanol–water partition coefficient (Wildman–Crippen LogP) is 4.86. The lowest BCUT2D eigenvalue weighted by molar-refractivity contribution is -0.0167.